The largest absolute Gasteiger partial charge is 0.292 e. The molecule has 1 amide bonds. The maximum atomic E-state index is 11.7. The lowest BCUT2D eigenvalue weighted by atomic mass is 10.1. The summed E-state index contributed by atoms with van der Waals surface area (Å²) in [6.45, 7) is 5.73. The molecule has 0 radical (unpaired) electrons. The van der Waals surface area contributed by atoms with Gasteiger partial charge in [0.2, 0.25) is 11.9 Å². The van der Waals surface area contributed by atoms with Gasteiger partial charge in [-0.2, -0.15) is 5.26 Å². The number of nitriles is 1. The summed E-state index contributed by atoms with van der Waals surface area (Å²) < 4.78 is 0. The topological polar surface area (TPSA) is 91.6 Å². The summed E-state index contributed by atoms with van der Waals surface area (Å²) in [7, 11) is 0. The molecule has 6 nitrogen and oxygen atoms in total. The zero-order chi connectivity index (χ0) is 13.5. The van der Waals surface area contributed by atoms with Crippen molar-refractivity contribution < 1.29 is 4.79 Å². The molecule has 0 aromatic carbocycles. The van der Waals surface area contributed by atoms with Gasteiger partial charge in [-0.15, -0.1) is 10.2 Å². The number of carbonyl (C=O) groups is 1. The van der Waals surface area contributed by atoms with Gasteiger partial charge in [0.25, 0.3) is 0 Å². The van der Waals surface area contributed by atoms with Gasteiger partial charge in [0.15, 0.2) is 0 Å². The Labute approximate surface area is 106 Å². The van der Waals surface area contributed by atoms with Crippen molar-refractivity contribution in [3.05, 3.63) is 11.4 Å². The van der Waals surface area contributed by atoms with Gasteiger partial charge >= 0.3 is 0 Å². The average Bonchev–Trinajstić information content (AvgIpc) is 2.40. The molecule has 0 saturated heterocycles. The molecule has 1 rings (SSSR count). The molecular formula is C12H17N5O. The predicted molar refractivity (Wildman–Crippen MR) is 66.6 cm³/mol. The fourth-order valence-corrected chi connectivity index (χ4v) is 1.52. The van der Waals surface area contributed by atoms with Crippen molar-refractivity contribution in [1.29, 1.82) is 5.26 Å². The van der Waals surface area contributed by atoms with Crippen LogP contribution in [0.15, 0.2) is 0 Å². The summed E-state index contributed by atoms with van der Waals surface area (Å²) >= 11 is 0. The van der Waals surface area contributed by atoms with Gasteiger partial charge < -0.3 is 0 Å². The number of aromatic nitrogens is 3. The zero-order valence-electron chi connectivity index (χ0n) is 10.9. The van der Waals surface area contributed by atoms with Crippen molar-refractivity contribution in [2.75, 3.05) is 5.32 Å². The molecular weight excluding hydrogens is 230 g/mol. The smallest absolute Gasteiger partial charge is 0.249 e. The number of nitrogens with one attached hydrogen (secondary N) is 1. The summed E-state index contributed by atoms with van der Waals surface area (Å²) in [5.74, 6) is -0.889. The van der Waals surface area contributed by atoms with Gasteiger partial charge in [0, 0.05) is 0 Å². The van der Waals surface area contributed by atoms with Crippen molar-refractivity contribution in [3.63, 3.8) is 0 Å². The third-order valence-electron chi connectivity index (χ3n) is 2.62. The minimum atomic E-state index is -0.676. The van der Waals surface area contributed by atoms with Crippen molar-refractivity contribution in [1.82, 2.24) is 15.2 Å². The summed E-state index contributed by atoms with van der Waals surface area (Å²) in [5, 5.41) is 19.2. The van der Waals surface area contributed by atoms with Crippen LogP contribution < -0.4 is 5.32 Å². The Hall–Kier alpha value is -2.03. The van der Waals surface area contributed by atoms with E-state index in [1.54, 1.807) is 6.92 Å². The van der Waals surface area contributed by atoms with Gasteiger partial charge in [-0.05, 0) is 19.3 Å². The third kappa shape index (κ3) is 3.23. The first-order chi connectivity index (χ1) is 8.65. The Morgan fingerprint density at radius 3 is 2.44 bits per heavy atom. The first-order valence-corrected chi connectivity index (χ1v) is 6.09. The van der Waals surface area contributed by atoms with Gasteiger partial charge in [-0.1, -0.05) is 20.8 Å². The van der Waals surface area contributed by atoms with Gasteiger partial charge in [-0.25, -0.2) is 4.98 Å². The Kier molecular flexibility index (Phi) is 5.18. The summed E-state index contributed by atoms with van der Waals surface area (Å²) in [4.78, 5) is 15.9. The number of amides is 1. The van der Waals surface area contributed by atoms with E-state index in [-0.39, 0.29) is 11.9 Å². The third-order valence-corrected chi connectivity index (χ3v) is 2.62. The number of hydrogen-bond donors (Lipinski definition) is 1. The zero-order valence-corrected chi connectivity index (χ0v) is 10.9. The van der Waals surface area contributed by atoms with Gasteiger partial charge in [-0.3, -0.25) is 10.1 Å². The molecule has 1 atom stereocenters. The van der Waals surface area contributed by atoms with Crippen molar-refractivity contribution in [3.8, 4) is 6.07 Å². The lowest BCUT2D eigenvalue weighted by Gasteiger charge is -2.08. The lowest BCUT2D eigenvalue weighted by molar-refractivity contribution is -0.118. The van der Waals surface area contributed by atoms with Crippen LogP contribution in [0.1, 0.15) is 38.6 Å². The van der Waals surface area contributed by atoms with E-state index in [4.69, 9.17) is 5.26 Å². The maximum absolute atomic E-state index is 11.7. The van der Waals surface area contributed by atoms with Crippen molar-refractivity contribution in [2.45, 2.75) is 40.0 Å². The molecule has 1 N–H and O–H groups in total. The van der Waals surface area contributed by atoms with Crippen LogP contribution in [0.25, 0.3) is 0 Å². The van der Waals surface area contributed by atoms with E-state index in [1.807, 2.05) is 19.9 Å². The van der Waals surface area contributed by atoms with Crippen LogP contribution in [0.3, 0.4) is 0 Å². The number of anilines is 1. The molecule has 1 aromatic rings. The van der Waals surface area contributed by atoms with E-state index < -0.39 is 5.92 Å². The van der Waals surface area contributed by atoms with E-state index in [9.17, 15) is 4.79 Å². The standard InChI is InChI=1S/C12H17N5O/c1-4-8(7-13)11(18)15-12-14-9(5-2)10(6-3)16-17-12/h8H,4-6H2,1-3H3,(H,14,15,17,18). The van der Waals surface area contributed by atoms with E-state index >= 15 is 0 Å². The first kappa shape index (κ1) is 14.0. The lowest BCUT2D eigenvalue weighted by Crippen LogP contribution is -2.23. The van der Waals surface area contributed by atoms with Gasteiger partial charge in [0.05, 0.1) is 17.5 Å². The normalized spacial score (nSPS) is 11.7. The van der Waals surface area contributed by atoms with Crippen LogP contribution in [0.4, 0.5) is 5.95 Å². The number of rotatable bonds is 5. The molecule has 96 valence electrons. The van der Waals surface area contributed by atoms with Crippen LogP contribution in [-0.2, 0) is 17.6 Å². The van der Waals surface area contributed by atoms with Crippen LogP contribution >= 0.6 is 0 Å². The minimum absolute atomic E-state index is 0.169. The van der Waals surface area contributed by atoms with Gasteiger partial charge in [0.1, 0.15) is 5.92 Å². The number of nitrogens with zero attached hydrogens (tertiary/aromatic N) is 4. The molecule has 1 heterocycles. The Bertz CT molecular complexity index is 466. The SMILES string of the molecule is CCc1nnc(NC(=O)C(C#N)CC)nc1CC. The van der Waals surface area contributed by atoms with Crippen LogP contribution in [0.5, 0.6) is 0 Å². The van der Waals surface area contributed by atoms with E-state index in [1.165, 1.54) is 0 Å². The van der Waals surface area contributed by atoms with Crippen LogP contribution in [-0.4, -0.2) is 21.1 Å². The molecule has 0 aliphatic carbocycles. The summed E-state index contributed by atoms with van der Waals surface area (Å²) in [6.07, 6.45) is 1.95. The molecule has 1 unspecified atom stereocenters. The molecule has 1 aromatic heterocycles. The quantitative estimate of drug-likeness (QED) is 0.851. The second-order valence-electron chi connectivity index (χ2n) is 3.82. The average molecular weight is 247 g/mol. The molecule has 0 aliphatic heterocycles. The first-order valence-electron chi connectivity index (χ1n) is 6.09. The molecule has 0 spiro atoms. The van der Waals surface area contributed by atoms with Crippen LogP contribution in [0, 0.1) is 17.2 Å². The summed E-state index contributed by atoms with van der Waals surface area (Å²) in [5.41, 5.74) is 1.66. The Balaban J connectivity index is 2.86. The minimum Gasteiger partial charge on any atom is -0.292 e. The second-order valence-corrected chi connectivity index (χ2v) is 3.82. The fourth-order valence-electron chi connectivity index (χ4n) is 1.52. The highest BCUT2D eigenvalue weighted by Gasteiger charge is 2.17. The van der Waals surface area contributed by atoms with Crippen molar-refractivity contribution in [2.24, 2.45) is 5.92 Å². The molecule has 0 aliphatic rings. The fraction of sp³-hybridized carbons (Fsp3) is 0.583. The van der Waals surface area contributed by atoms with E-state index in [0.717, 1.165) is 24.2 Å². The molecule has 0 fully saturated rings. The number of hydrogen-bond acceptors (Lipinski definition) is 5. The number of carbonyl (C=O) groups excluding carboxylic acids is 1. The second kappa shape index (κ2) is 6.64. The number of aryl methyl sites for hydroxylation is 2. The maximum Gasteiger partial charge on any atom is 0.249 e. The Morgan fingerprint density at radius 1 is 1.28 bits per heavy atom. The predicted octanol–water partition coefficient (Wildman–Crippen LogP) is 1.48. The Morgan fingerprint density at radius 2 is 1.94 bits per heavy atom. The highest BCUT2D eigenvalue weighted by molar-refractivity contribution is 5.92. The highest BCUT2D eigenvalue weighted by Crippen LogP contribution is 2.09. The molecule has 0 bridgehead atoms. The van der Waals surface area contributed by atoms with Crippen molar-refractivity contribution >= 4 is 11.9 Å². The molecule has 6 heteroatoms. The van der Waals surface area contributed by atoms with E-state index in [0.29, 0.717) is 6.42 Å². The van der Waals surface area contributed by atoms with E-state index in [2.05, 4.69) is 20.5 Å². The summed E-state index contributed by atoms with van der Waals surface area (Å²) in [6, 6.07) is 1.93. The highest BCUT2D eigenvalue weighted by atomic mass is 16.2. The molecule has 0 saturated carbocycles. The molecule has 18 heavy (non-hydrogen) atoms. The monoisotopic (exact) mass is 247 g/mol. The van der Waals surface area contributed by atoms with Crippen LogP contribution in [0.2, 0.25) is 0 Å².